The maximum absolute atomic E-state index is 11.3. The molecule has 0 fully saturated rings. The summed E-state index contributed by atoms with van der Waals surface area (Å²) >= 11 is 0. The molecule has 3 heterocycles. The van der Waals surface area contributed by atoms with Crippen LogP contribution in [0.1, 0.15) is 50.1 Å². The van der Waals surface area contributed by atoms with Crippen molar-refractivity contribution in [2.24, 2.45) is 0 Å². The average molecular weight is 1020 g/mol. The molecule has 12 aromatic rings. The molecule has 0 N–H and O–H groups in total. The van der Waals surface area contributed by atoms with E-state index in [0.717, 1.165) is 27.1 Å². The lowest BCUT2D eigenvalue weighted by Crippen LogP contribution is -2.05. The van der Waals surface area contributed by atoms with Crippen molar-refractivity contribution in [2.45, 2.75) is 0 Å². The third-order valence-electron chi connectivity index (χ3n) is 14.3. The van der Waals surface area contributed by atoms with Gasteiger partial charge in [-0.2, -0.15) is 47.4 Å². The Morgan fingerprint density at radius 2 is 0.475 bits per heavy atom. The van der Waals surface area contributed by atoms with Gasteiger partial charge < -0.3 is 9.13 Å². The van der Waals surface area contributed by atoms with Crippen LogP contribution in [0.15, 0.2) is 182 Å². The predicted octanol–water partition coefficient (Wildman–Crippen LogP) is 14.5. The second kappa shape index (κ2) is 19.4. The van der Waals surface area contributed by atoms with E-state index in [1.54, 1.807) is 60.9 Å². The number of rotatable bonds is 7. The molecule has 0 aliphatic carbocycles. The summed E-state index contributed by atoms with van der Waals surface area (Å²) in [6.45, 7) is 0. The Morgan fingerprint density at radius 3 is 0.713 bits per heavy atom. The molecule has 0 aliphatic heterocycles. The zero-order valence-electron chi connectivity index (χ0n) is 41.7. The lowest BCUT2D eigenvalue weighted by molar-refractivity contribution is 1.13. The minimum absolute atomic E-state index is 0.291. The Morgan fingerprint density at radius 1 is 0.237 bits per heavy atom. The molecule has 0 aliphatic rings. The fourth-order valence-electron chi connectivity index (χ4n) is 10.8. The van der Waals surface area contributed by atoms with E-state index in [1.807, 2.05) is 97.1 Å². The first-order chi connectivity index (χ1) is 39.2. The van der Waals surface area contributed by atoms with Gasteiger partial charge in [-0.25, -0.2) is 0 Å². The summed E-state index contributed by atoms with van der Waals surface area (Å²) in [6.07, 6.45) is 3.39. The Bertz CT molecular complexity index is 4440. The molecule has 12 nitrogen and oxygen atoms in total. The van der Waals surface area contributed by atoms with E-state index in [0.29, 0.717) is 134 Å². The molecule has 0 bridgehead atoms. The number of hydrogen-bond donors (Lipinski definition) is 0. The van der Waals surface area contributed by atoms with E-state index >= 15 is 0 Å². The SMILES string of the molecule is N#Cc1cc(C#N)cc(-c2ccc3c4ccc(-c5cc(C#N)cc(C#N)c5)cc4n(-c4cc(C#N)cc(-n5c6cc(-c7cc(C#N)cc(C#N)c7)ccc6c6ccc(-c7cc(C#N)cc(C#N)c7)cc65)c4-c4ccncc4)c3c2)c1. The van der Waals surface area contributed by atoms with E-state index < -0.39 is 0 Å². The molecule has 0 spiro atoms. The van der Waals surface area contributed by atoms with Crippen molar-refractivity contribution in [1.29, 1.82) is 47.4 Å². The Labute approximate surface area is 456 Å². The summed E-state index contributed by atoms with van der Waals surface area (Å²) in [5.41, 5.74) is 13.6. The zero-order chi connectivity index (χ0) is 55.2. The lowest BCUT2D eigenvalue weighted by Gasteiger charge is -2.21. The number of nitriles is 9. The minimum Gasteiger partial charge on any atom is -0.308 e. The highest BCUT2D eigenvalue weighted by Crippen LogP contribution is 2.45. The first kappa shape index (κ1) is 48.1. The molecule has 362 valence electrons. The predicted molar refractivity (Wildman–Crippen MR) is 303 cm³/mol. The molecular weight excluding hydrogens is 985 g/mol. The number of fused-ring (bicyclic) bond motifs is 6. The number of pyridine rings is 1. The third-order valence-corrected chi connectivity index (χ3v) is 14.3. The summed E-state index contributed by atoms with van der Waals surface area (Å²) in [7, 11) is 0. The average Bonchev–Trinajstić information content (AvgIpc) is 4.10. The smallest absolute Gasteiger partial charge is 0.0993 e. The van der Waals surface area contributed by atoms with Gasteiger partial charge in [0, 0.05) is 39.5 Å². The monoisotopic (exact) mass is 1010 g/mol. The maximum Gasteiger partial charge on any atom is 0.0993 e. The van der Waals surface area contributed by atoms with Gasteiger partial charge in [0.25, 0.3) is 0 Å². The van der Waals surface area contributed by atoms with Crippen LogP contribution in [0, 0.1) is 102 Å². The molecule has 0 radical (unpaired) electrons. The summed E-state index contributed by atoms with van der Waals surface area (Å²) in [4.78, 5) is 4.43. The fourth-order valence-corrected chi connectivity index (χ4v) is 10.8. The van der Waals surface area contributed by atoms with Crippen LogP contribution < -0.4 is 0 Å². The normalized spacial score (nSPS) is 10.6. The van der Waals surface area contributed by atoms with Gasteiger partial charge in [0.05, 0.1) is 138 Å². The van der Waals surface area contributed by atoms with Gasteiger partial charge in [-0.05, 0) is 171 Å². The minimum atomic E-state index is 0.291. The molecule has 80 heavy (non-hydrogen) atoms. The van der Waals surface area contributed by atoms with Crippen LogP contribution in [0.25, 0.3) is 111 Å². The molecular formula is C68H30N12. The lowest BCUT2D eigenvalue weighted by atomic mass is 9.97. The van der Waals surface area contributed by atoms with Crippen molar-refractivity contribution in [3.63, 3.8) is 0 Å². The highest BCUT2D eigenvalue weighted by atomic mass is 15.0. The number of nitrogens with zero attached hydrogens (tertiary/aromatic N) is 12. The summed E-state index contributed by atoms with van der Waals surface area (Å²) in [5, 5.41) is 95.0. The molecule has 0 saturated heterocycles. The Kier molecular flexibility index (Phi) is 11.7. The second-order valence-electron chi connectivity index (χ2n) is 18.9. The van der Waals surface area contributed by atoms with E-state index in [1.165, 1.54) is 24.3 Å². The molecule has 0 unspecified atom stereocenters. The summed E-state index contributed by atoms with van der Waals surface area (Å²) in [5.74, 6) is 0. The molecule has 9 aromatic carbocycles. The van der Waals surface area contributed by atoms with Crippen molar-refractivity contribution < 1.29 is 0 Å². The molecule has 3 aromatic heterocycles. The van der Waals surface area contributed by atoms with Gasteiger partial charge in [-0.1, -0.05) is 48.5 Å². The molecule has 12 rings (SSSR count). The van der Waals surface area contributed by atoms with Crippen LogP contribution >= 0.6 is 0 Å². The third kappa shape index (κ3) is 8.17. The molecule has 12 heteroatoms. The second-order valence-corrected chi connectivity index (χ2v) is 18.9. The summed E-state index contributed by atoms with van der Waals surface area (Å²) in [6, 6.07) is 71.2. The van der Waals surface area contributed by atoms with Gasteiger partial charge >= 0.3 is 0 Å². The topological polar surface area (TPSA) is 237 Å². The van der Waals surface area contributed by atoms with Gasteiger partial charge in [0.2, 0.25) is 0 Å². The van der Waals surface area contributed by atoms with Crippen LogP contribution in [0.5, 0.6) is 0 Å². The number of aromatic nitrogens is 3. The van der Waals surface area contributed by atoms with Crippen LogP contribution in [0.3, 0.4) is 0 Å². The standard InChI is InChI=1S/C68H30N12/c69-31-40-13-41(32-70)18-54(17-40)50-1-5-58-59-6-2-51(55-19-42(33-71)14-43(20-55)34-72)28-63(59)79(62(58)27-50)66-25-48(39-77)26-67(68(66)49-9-11-78-12-10-49)80-64-29-52(56-21-44(35-73)15-45(22-56)36-74)3-7-60(64)61-8-4-53(30-65(61)80)57-23-46(37-75)16-47(24-57)38-76/h1-30H. The van der Waals surface area contributed by atoms with E-state index in [9.17, 15) is 47.4 Å². The van der Waals surface area contributed by atoms with E-state index in [4.69, 9.17) is 0 Å². The Balaban J connectivity index is 1.25. The summed E-state index contributed by atoms with van der Waals surface area (Å²) < 4.78 is 4.18. The highest BCUT2D eigenvalue weighted by molar-refractivity contribution is 6.14. The van der Waals surface area contributed by atoms with Crippen molar-refractivity contribution in [3.8, 4) is 122 Å². The van der Waals surface area contributed by atoms with Crippen molar-refractivity contribution in [2.75, 3.05) is 0 Å². The van der Waals surface area contributed by atoms with Crippen LogP contribution in [-0.2, 0) is 0 Å². The first-order valence-electron chi connectivity index (χ1n) is 24.6. The van der Waals surface area contributed by atoms with Gasteiger partial charge in [0.1, 0.15) is 0 Å². The molecule has 0 amide bonds. The number of hydrogen-bond acceptors (Lipinski definition) is 10. The molecule has 0 atom stereocenters. The van der Waals surface area contributed by atoms with E-state index in [2.05, 4.69) is 68.7 Å². The van der Waals surface area contributed by atoms with Crippen molar-refractivity contribution in [3.05, 3.63) is 232 Å². The zero-order valence-corrected chi connectivity index (χ0v) is 41.7. The Hall–Kier alpha value is -12.9. The van der Waals surface area contributed by atoms with Crippen LogP contribution in [0.4, 0.5) is 0 Å². The molecule has 0 saturated carbocycles. The fraction of sp³-hybridized carbons (Fsp3) is 0. The maximum atomic E-state index is 11.3. The van der Waals surface area contributed by atoms with Gasteiger partial charge in [0.15, 0.2) is 0 Å². The van der Waals surface area contributed by atoms with Crippen LogP contribution in [-0.4, -0.2) is 14.1 Å². The quantitative estimate of drug-likeness (QED) is 0.146. The van der Waals surface area contributed by atoms with Crippen LogP contribution in [0.2, 0.25) is 0 Å². The van der Waals surface area contributed by atoms with Gasteiger partial charge in [-0.15, -0.1) is 0 Å². The van der Waals surface area contributed by atoms with E-state index in [-0.39, 0.29) is 0 Å². The van der Waals surface area contributed by atoms with Crippen molar-refractivity contribution in [1.82, 2.24) is 14.1 Å². The van der Waals surface area contributed by atoms with Gasteiger partial charge in [-0.3, -0.25) is 4.98 Å². The largest absolute Gasteiger partial charge is 0.308 e. The first-order valence-corrected chi connectivity index (χ1v) is 24.6. The number of benzene rings is 9. The van der Waals surface area contributed by atoms with Crippen molar-refractivity contribution >= 4 is 43.6 Å². The highest BCUT2D eigenvalue weighted by Gasteiger charge is 2.25.